The third-order valence-electron chi connectivity index (χ3n) is 18.2. The lowest BCUT2D eigenvalue weighted by Crippen LogP contribution is -2.28. The maximum Gasteiger partial charge on any atom is 0.0978 e. The first-order valence-electron chi connectivity index (χ1n) is 30.4. The van der Waals surface area contributed by atoms with E-state index in [-0.39, 0.29) is 0 Å². The Kier molecular flexibility index (Phi) is 12.4. The smallest absolute Gasteiger partial charge is 0.0978 e. The Hall–Kier alpha value is -11.7. The minimum Gasteiger partial charge on any atom is -0.245 e. The van der Waals surface area contributed by atoms with Crippen LogP contribution in [0.25, 0.3) is 144 Å². The number of rotatable bonds is 10. The van der Waals surface area contributed by atoms with E-state index in [4.69, 9.17) is 19.9 Å². The molecule has 0 aliphatic heterocycles. The van der Waals surface area contributed by atoms with Crippen molar-refractivity contribution < 1.29 is 0 Å². The number of nitrogens with zero attached hydrogens (tertiary/aromatic N) is 4. The van der Waals surface area contributed by atoms with Crippen LogP contribution in [0, 0.1) is 0 Å². The summed E-state index contributed by atoms with van der Waals surface area (Å²) < 4.78 is 0. The molecule has 0 radical (unpaired) electrons. The molecule has 414 valence electrons. The van der Waals surface area contributed by atoms with Gasteiger partial charge < -0.3 is 0 Å². The first-order chi connectivity index (χ1) is 44.1. The van der Waals surface area contributed by atoms with Crippen LogP contribution in [0.15, 0.2) is 328 Å². The highest BCUT2D eigenvalue weighted by Gasteiger charge is 2.46. The molecule has 0 N–H and O–H groups in total. The fraction of sp³-hybridized carbons (Fsp3) is 0.0118. The summed E-state index contributed by atoms with van der Waals surface area (Å²) in [5, 5.41) is 4.22. The zero-order chi connectivity index (χ0) is 58.8. The van der Waals surface area contributed by atoms with Gasteiger partial charge in [-0.3, -0.25) is 0 Å². The van der Waals surface area contributed by atoms with E-state index in [0.29, 0.717) is 0 Å². The molecule has 4 heterocycles. The standard InChI is InChI=1S/C85H54N4/c1-7-23-55(24-8-1)71-51-77(59-31-15-5-16-32-59)86-81-67(71)47-49-69-73(57-27-11-3-12-28-57)53-79(88-83(69)81)61-39-43-63(44-40-61)85(75-37-21-19-35-65(75)66-36-20-22-38-76(66)85)64-45-41-62(42-46-64)80-54-74(58-29-13-4-14-30-58)70-50-48-68-72(56-25-9-2-10-26-56)52-78(60-33-17-6-18-34-60)87-82(68)84(70)89-80/h1-54H. The fourth-order valence-electron chi connectivity index (χ4n) is 14.0. The number of fused-ring (bicyclic) bond motifs is 9. The van der Waals surface area contributed by atoms with Gasteiger partial charge in [0.15, 0.2) is 0 Å². The number of aromatic nitrogens is 4. The zero-order valence-corrected chi connectivity index (χ0v) is 48.5. The summed E-state index contributed by atoms with van der Waals surface area (Å²) >= 11 is 0. The Morgan fingerprint density at radius 2 is 0.404 bits per heavy atom. The van der Waals surface area contributed by atoms with Gasteiger partial charge in [-0.25, -0.2) is 19.9 Å². The van der Waals surface area contributed by atoms with Crippen molar-refractivity contribution in [3.63, 3.8) is 0 Å². The van der Waals surface area contributed by atoms with Crippen LogP contribution in [-0.2, 0) is 5.41 Å². The van der Waals surface area contributed by atoms with Gasteiger partial charge in [0.2, 0.25) is 0 Å². The molecule has 16 aromatic rings. The lowest BCUT2D eigenvalue weighted by molar-refractivity contribution is 0.768. The van der Waals surface area contributed by atoms with Crippen LogP contribution in [0.5, 0.6) is 0 Å². The Bertz CT molecular complexity index is 5030. The highest BCUT2D eigenvalue weighted by molar-refractivity contribution is 6.15. The molecule has 0 unspecified atom stereocenters. The van der Waals surface area contributed by atoms with E-state index in [1.165, 1.54) is 33.4 Å². The van der Waals surface area contributed by atoms with Gasteiger partial charge in [-0.2, -0.15) is 0 Å². The quantitative estimate of drug-likeness (QED) is 0.128. The van der Waals surface area contributed by atoms with Crippen LogP contribution >= 0.6 is 0 Å². The molecule has 0 amide bonds. The third-order valence-corrected chi connectivity index (χ3v) is 18.2. The third kappa shape index (κ3) is 8.67. The van der Waals surface area contributed by atoms with Crippen LogP contribution < -0.4 is 0 Å². The van der Waals surface area contributed by atoms with Crippen molar-refractivity contribution in [2.75, 3.05) is 0 Å². The molecule has 1 aliphatic rings. The molecule has 89 heavy (non-hydrogen) atoms. The number of hydrogen-bond donors (Lipinski definition) is 0. The molecule has 0 atom stereocenters. The van der Waals surface area contributed by atoms with E-state index in [1.54, 1.807) is 0 Å². The van der Waals surface area contributed by atoms with Crippen molar-refractivity contribution in [2.24, 2.45) is 0 Å². The minimum atomic E-state index is -0.661. The molecule has 4 heteroatoms. The lowest BCUT2D eigenvalue weighted by atomic mass is 9.67. The molecular formula is C85H54N4. The molecule has 4 nitrogen and oxygen atoms in total. The van der Waals surface area contributed by atoms with Gasteiger partial charge in [0.05, 0.1) is 50.3 Å². The van der Waals surface area contributed by atoms with Gasteiger partial charge in [0.1, 0.15) is 0 Å². The summed E-state index contributed by atoms with van der Waals surface area (Å²) in [4.78, 5) is 22.4. The van der Waals surface area contributed by atoms with Crippen LogP contribution in [0.4, 0.5) is 0 Å². The molecule has 12 aromatic carbocycles. The molecule has 0 bridgehead atoms. The van der Waals surface area contributed by atoms with Crippen LogP contribution in [0.3, 0.4) is 0 Å². The van der Waals surface area contributed by atoms with E-state index in [9.17, 15) is 0 Å². The van der Waals surface area contributed by atoms with Crippen LogP contribution in [0.2, 0.25) is 0 Å². The Labute approximate surface area is 516 Å². The van der Waals surface area contributed by atoms with E-state index < -0.39 is 5.41 Å². The Balaban J connectivity index is 0.841. The molecule has 17 rings (SSSR count). The normalized spacial score (nSPS) is 12.4. The predicted molar refractivity (Wildman–Crippen MR) is 368 cm³/mol. The summed E-state index contributed by atoms with van der Waals surface area (Å²) in [6.45, 7) is 0. The average Bonchev–Trinajstić information content (AvgIpc) is 1.63. The molecule has 4 aromatic heterocycles. The first kappa shape index (κ1) is 51.7. The molecule has 0 fully saturated rings. The van der Waals surface area contributed by atoms with Gasteiger partial charge in [-0.15, -0.1) is 0 Å². The Morgan fingerprint density at radius 1 is 0.180 bits per heavy atom. The van der Waals surface area contributed by atoms with E-state index in [2.05, 4.69) is 328 Å². The maximum atomic E-state index is 5.67. The van der Waals surface area contributed by atoms with Crippen molar-refractivity contribution in [3.05, 3.63) is 350 Å². The molecule has 0 saturated heterocycles. The van der Waals surface area contributed by atoms with Crippen molar-refractivity contribution in [1.29, 1.82) is 0 Å². The zero-order valence-electron chi connectivity index (χ0n) is 48.5. The van der Waals surface area contributed by atoms with Crippen LogP contribution in [-0.4, -0.2) is 19.9 Å². The maximum absolute atomic E-state index is 5.67. The molecule has 1 aliphatic carbocycles. The molecule has 0 spiro atoms. The first-order valence-corrected chi connectivity index (χ1v) is 30.4. The largest absolute Gasteiger partial charge is 0.245 e. The summed E-state index contributed by atoms with van der Waals surface area (Å²) in [6, 6.07) is 118. The van der Waals surface area contributed by atoms with Crippen molar-refractivity contribution >= 4 is 43.6 Å². The second kappa shape index (κ2) is 21.4. The number of benzene rings is 12. The second-order valence-corrected chi connectivity index (χ2v) is 23.1. The Morgan fingerprint density at radius 3 is 0.674 bits per heavy atom. The predicted octanol–water partition coefficient (Wildman–Crippen LogP) is 21.6. The highest BCUT2D eigenvalue weighted by atomic mass is 14.8. The summed E-state index contributed by atoms with van der Waals surface area (Å²) in [5.41, 5.74) is 26.8. The fourth-order valence-corrected chi connectivity index (χ4v) is 14.0. The van der Waals surface area contributed by atoms with Gasteiger partial charge in [0, 0.05) is 43.8 Å². The van der Waals surface area contributed by atoms with Crippen molar-refractivity contribution in [2.45, 2.75) is 5.41 Å². The molecular weight excluding hydrogens is 1080 g/mol. The van der Waals surface area contributed by atoms with Gasteiger partial charge in [0.25, 0.3) is 0 Å². The summed E-state index contributed by atoms with van der Waals surface area (Å²) in [6.07, 6.45) is 0. The SMILES string of the molecule is c1ccc(-c2cc(-c3ccccc3)c3ccc4c(-c5ccccc5)cc(-c5ccc(C6(c7ccc(-c8cc(-c9ccccc9)c9ccc%10c(-c%11ccccc%11)cc(-c%11ccccc%11)nc%10c9n8)cc7)c7ccccc7-c7ccccc76)cc5)nc4c3n2)cc1. The van der Waals surface area contributed by atoms with Gasteiger partial charge in [-0.05, 0) is 102 Å². The number of pyridine rings is 4. The van der Waals surface area contributed by atoms with E-state index >= 15 is 0 Å². The topological polar surface area (TPSA) is 51.6 Å². The average molecular weight is 1130 g/mol. The molecule has 0 saturated carbocycles. The van der Waals surface area contributed by atoms with Gasteiger partial charge in [-0.1, -0.05) is 303 Å². The van der Waals surface area contributed by atoms with E-state index in [1.807, 2.05) is 0 Å². The van der Waals surface area contributed by atoms with Crippen molar-refractivity contribution in [3.8, 4) is 101 Å². The van der Waals surface area contributed by atoms with Crippen LogP contribution in [0.1, 0.15) is 22.3 Å². The van der Waals surface area contributed by atoms with E-state index in [0.717, 1.165) is 133 Å². The highest BCUT2D eigenvalue weighted by Crippen LogP contribution is 2.56. The summed E-state index contributed by atoms with van der Waals surface area (Å²) in [7, 11) is 0. The van der Waals surface area contributed by atoms with Crippen molar-refractivity contribution in [1.82, 2.24) is 19.9 Å². The minimum absolute atomic E-state index is 0.661. The monoisotopic (exact) mass is 1130 g/mol. The lowest BCUT2D eigenvalue weighted by Gasteiger charge is -2.34. The van der Waals surface area contributed by atoms with Gasteiger partial charge >= 0.3 is 0 Å². The summed E-state index contributed by atoms with van der Waals surface area (Å²) in [5.74, 6) is 0. The second-order valence-electron chi connectivity index (χ2n) is 23.1. The number of hydrogen-bond acceptors (Lipinski definition) is 4.